The van der Waals surface area contributed by atoms with E-state index < -0.39 is 5.72 Å². The number of nitrogens with zero attached hydrogens (tertiary/aromatic N) is 2. The van der Waals surface area contributed by atoms with Gasteiger partial charge in [0, 0.05) is 32.6 Å². The average Bonchev–Trinajstić information content (AvgIpc) is 3.07. The molecule has 30 heavy (non-hydrogen) atoms. The van der Waals surface area contributed by atoms with Crippen molar-refractivity contribution in [3.8, 4) is 16.9 Å². The fraction of sp³-hybridized carbons (Fsp3) is 0.458. The Labute approximate surface area is 177 Å². The Balaban J connectivity index is 1.56. The fourth-order valence-electron chi connectivity index (χ4n) is 4.77. The minimum atomic E-state index is -0.840. The van der Waals surface area contributed by atoms with Crippen LogP contribution in [0.4, 0.5) is 0 Å². The summed E-state index contributed by atoms with van der Waals surface area (Å²) in [5.74, 6) is 1.66. The summed E-state index contributed by atoms with van der Waals surface area (Å²) in [5.41, 5.74) is 9.87. The van der Waals surface area contributed by atoms with E-state index in [1.165, 1.54) is 11.1 Å². The smallest absolute Gasteiger partial charge is 0.221 e. The van der Waals surface area contributed by atoms with Gasteiger partial charge in [0.15, 0.2) is 0 Å². The second-order valence-corrected chi connectivity index (χ2v) is 8.42. The van der Waals surface area contributed by atoms with Gasteiger partial charge in [0.05, 0.1) is 5.56 Å². The maximum Gasteiger partial charge on any atom is 0.221 e. The first-order valence-corrected chi connectivity index (χ1v) is 10.8. The average molecular weight is 408 g/mol. The molecule has 1 spiro atoms. The zero-order valence-corrected chi connectivity index (χ0v) is 17.6. The van der Waals surface area contributed by atoms with Crippen LogP contribution in [0, 0.1) is 5.92 Å². The first kappa shape index (κ1) is 19.4. The lowest BCUT2D eigenvalue weighted by Crippen LogP contribution is -2.43. The van der Waals surface area contributed by atoms with Crippen molar-refractivity contribution in [3.63, 3.8) is 0 Å². The van der Waals surface area contributed by atoms with Crippen LogP contribution in [0.15, 0.2) is 47.5 Å². The van der Waals surface area contributed by atoms with Gasteiger partial charge in [-0.05, 0) is 48.1 Å². The highest BCUT2D eigenvalue weighted by molar-refractivity contribution is 5.79. The van der Waals surface area contributed by atoms with E-state index >= 15 is 0 Å². The minimum absolute atomic E-state index is 0.0266. The molecule has 2 atom stereocenters. The summed E-state index contributed by atoms with van der Waals surface area (Å²) in [4.78, 5) is 11.1. The predicted octanol–water partition coefficient (Wildman–Crippen LogP) is 3.84. The Morgan fingerprint density at radius 2 is 1.93 bits per heavy atom. The van der Waals surface area contributed by atoms with Crippen molar-refractivity contribution in [3.05, 3.63) is 53.6 Å². The maximum atomic E-state index is 6.50. The summed E-state index contributed by atoms with van der Waals surface area (Å²) < 4.78 is 12.1. The summed E-state index contributed by atoms with van der Waals surface area (Å²) >= 11 is 0. The second-order valence-electron chi connectivity index (χ2n) is 8.42. The third-order valence-electron chi connectivity index (χ3n) is 6.52. The number of guanidine groups is 1. The van der Waals surface area contributed by atoms with E-state index in [-0.39, 0.29) is 6.10 Å². The monoisotopic (exact) mass is 407 g/mol. The Bertz CT molecular complexity index is 970. The van der Waals surface area contributed by atoms with E-state index in [4.69, 9.17) is 25.0 Å². The van der Waals surface area contributed by atoms with Gasteiger partial charge in [-0.25, -0.2) is 14.9 Å². The molecular weight excluding hydrogens is 378 g/mol. The van der Waals surface area contributed by atoms with Gasteiger partial charge in [-0.15, -0.1) is 0 Å². The van der Waals surface area contributed by atoms with E-state index in [9.17, 15) is 0 Å². The molecule has 6 heteroatoms. The van der Waals surface area contributed by atoms with Crippen molar-refractivity contribution in [1.82, 2.24) is 5.06 Å². The number of hydrogen-bond donors (Lipinski definition) is 1. The number of ether oxygens (including phenoxy) is 2. The number of hydrogen-bond acceptors (Lipinski definition) is 6. The fourth-order valence-corrected chi connectivity index (χ4v) is 4.77. The van der Waals surface area contributed by atoms with Gasteiger partial charge in [0.25, 0.3) is 0 Å². The van der Waals surface area contributed by atoms with Gasteiger partial charge in [0.2, 0.25) is 11.7 Å². The molecule has 6 nitrogen and oxygen atoms in total. The van der Waals surface area contributed by atoms with Gasteiger partial charge in [-0.1, -0.05) is 37.3 Å². The lowest BCUT2D eigenvalue weighted by Gasteiger charge is -2.41. The van der Waals surface area contributed by atoms with Crippen LogP contribution in [0.1, 0.15) is 37.3 Å². The molecular formula is C24H29N3O3. The molecule has 0 aromatic heterocycles. The molecule has 5 rings (SSSR count). The molecule has 3 aliphatic rings. The number of benzene rings is 2. The van der Waals surface area contributed by atoms with Crippen molar-refractivity contribution in [1.29, 1.82) is 0 Å². The van der Waals surface area contributed by atoms with E-state index in [0.717, 1.165) is 49.4 Å². The minimum Gasteiger partial charge on any atom is -0.489 e. The summed E-state index contributed by atoms with van der Waals surface area (Å²) in [5, 5.41) is 1.57. The molecule has 1 saturated heterocycles. The van der Waals surface area contributed by atoms with Crippen LogP contribution in [0.2, 0.25) is 0 Å². The SMILES string of the molecule is CCc1cccc(-c2ccc3c(c2)C2(CC(C4CCOCC4)O3)N=C(N)N(C)O2)c1. The van der Waals surface area contributed by atoms with Crippen molar-refractivity contribution in [2.24, 2.45) is 16.6 Å². The molecule has 3 aliphatic heterocycles. The number of hydroxylamine groups is 2. The Morgan fingerprint density at radius 3 is 2.67 bits per heavy atom. The van der Waals surface area contributed by atoms with Crippen LogP contribution < -0.4 is 10.5 Å². The van der Waals surface area contributed by atoms with Crippen molar-refractivity contribution in [2.45, 2.75) is 44.4 Å². The van der Waals surface area contributed by atoms with E-state index in [1.807, 2.05) is 0 Å². The lowest BCUT2D eigenvalue weighted by molar-refractivity contribution is -0.196. The molecule has 3 heterocycles. The van der Waals surface area contributed by atoms with Crippen molar-refractivity contribution < 1.29 is 14.3 Å². The molecule has 2 N–H and O–H groups in total. The lowest BCUT2D eigenvalue weighted by atomic mass is 9.83. The second kappa shape index (κ2) is 7.60. The van der Waals surface area contributed by atoms with Gasteiger partial charge < -0.3 is 15.2 Å². The van der Waals surface area contributed by atoms with Crippen molar-refractivity contribution in [2.75, 3.05) is 20.3 Å². The predicted molar refractivity (Wildman–Crippen MR) is 116 cm³/mol. The summed E-state index contributed by atoms with van der Waals surface area (Å²) in [7, 11) is 1.81. The molecule has 0 saturated carbocycles. The van der Waals surface area contributed by atoms with Gasteiger partial charge in [-0.3, -0.25) is 0 Å². The molecule has 0 bridgehead atoms. The normalized spacial score (nSPS) is 26.4. The molecule has 1 fully saturated rings. The number of nitrogens with two attached hydrogens (primary N) is 1. The van der Waals surface area contributed by atoms with Gasteiger partial charge in [0.1, 0.15) is 11.9 Å². The Kier molecular flexibility index (Phi) is 4.91. The van der Waals surface area contributed by atoms with Crippen LogP contribution in [0.3, 0.4) is 0 Å². The van der Waals surface area contributed by atoms with Crippen LogP contribution in [0.5, 0.6) is 5.75 Å². The quantitative estimate of drug-likeness (QED) is 0.837. The first-order valence-electron chi connectivity index (χ1n) is 10.8. The zero-order valence-electron chi connectivity index (χ0n) is 17.6. The highest BCUT2D eigenvalue weighted by Gasteiger charge is 2.50. The largest absolute Gasteiger partial charge is 0.489 e. The van der Waals surface area contributed by atoms with Gasteiger partial charge >= 0.3 is 0 Å². The third kappa shape index (κ3) is 3.34. The van der Waals surface area contributed by atoms with Crippen LogP contribution in [0.25, 0.3) is 11.1 Å². The van der Waals surface area contributed by atoms with E-state index in [0.29, 0.717) is 18.3 Å². The number of rotatable bonds is 3. The van der Waals surface area contributed by atoms with E-state index in [1.54, 1.807) is 12.1 Å². The van der Waals surface area contributed by atoms with Crippen LogP contribution in [-0.4, -0.2) is 37.4 Å². The maximum absolute atomic E-state index is 6.50. The topological polar surface area (TPSA) is 69.3 Å². The standard InChI is InChI=1S/C24H29N3O3/c1-3-16-5-4-6-18(13-16)19-7-8-21-20(14-19)24(26-23(25)27(2)30-24)15-22(29-21)17-9-11-28-12-10-17/h4-8,13-14,17,22H,3,9-12,15H2,1-2H3,(H2,25,26). The molecule has 158 valence electrons. The number of aryl methyl sites for hydroxylation is 1. The van der Waals surface area contributed by atoms with Crippen molar-refractivity contribution >= 4 is 5.96 Å². The summed E-state index contributed by atoms with van der Waals surface area (Å²) in [6, 6.07) is 15.0. The summed E-state index contributed by atoms with van der Waals surface area (Å²) in [6.45, 7) is 3.73. The van der Waals surface area contributed by atoms with E-state index in [2.05, 4.69) is 49.4 Å². The zero-order chi connectivity index (χ0) is 20.7. The molecule has 2 aromatic rings. The summed E-state index contributed by atoms with van der Waals surface area (Å²) in [6.07, 6.45) is 3.67. The highest BCUT2D eigenvalue weighted by atomic mass is 16.7. The molecule has 0 radical (unpaired) electrons. The highest BCUT2D eigenvalue weighted by Crippen LogP contribution is 2.49. The van der Waals surface area contributed by atoms with Gasteiger partial charge in [-0.2, -0.15) is 0 Å². The Morgan fingerprint density at radius 1 is 1.13 bits per heavy atom. The molecule has 0 amide bonds. The molecule has 2 unspecified atom stereocenters. The van der Waals surface area contributed by atoms with Crippen LogP contribution >= 0.6 is 0 Å². The number of fused-ring (bicyclic) bond motifs is 2. The number of aliphatic imine (C=N–C) groups is 1. The van der Waals surface area contributed by atoms with Crippen LogP contribution in [-0.2, 0) is 21.7 Å². The first-order chi connectivity index (χ1) is 14.6. The third-order valence-corrected chi connectivity index (χ3v) is 6.52. The molecule has 0 aliphatic carbocycles. The molecule has 2 aromatic carbocycles. The Hall–Kier alpha value is -2.57.